The number of anilines is 1. The lowest BCUT2D eigenvalue weighted by Gasteiger charge is -2.33. The van der Waals surface area contributed by atoms with Gasteiger partial charge in [-0.15, -0.1) is 0 Å². The summed E-state index contributed by atoms with van der Waals surface area (Å²) in [4.78, 5) is 38.1. The van der Waals surface area contributed by atoms with E-state index < -0.39 is 17.9 Å². The topological polar surface area (TPSA) is 106 Å². The van der Waals surface area contributed by atoms with E-state index >= 15 is 0 Å². The maximum Gasteiger partial charge on any atom is 0.281 e. The molecule has 0 bridgehead atoms. The predicted molar refractivity (Wildman–Crippen MR) is 128 cm³/mol. The lowest BCUT2D eigenvalue weighted by Crippen LogP contribution is -2.54. The average Bonchev–Trinajstić information content (AvgIpc) is 2.89. The molecule has 0 aromatic heterocycles. The summed E-state index contributed by atoms with van der Waals surface area (Å²) in [5, 5.41) is 0. The molecule has 1 atom stereocenters. The van der Waals surface area contributed by atoms with E-state index in [1.54, 1.807) is 48.5 Å². The van der Waals surface area contributed by atoms with E-state index in [2.05, 4.69) is 10.9 Å². The van der Waals surface area contributed by atoms with Crippen LogP contribution in [-0.4, -0.2) is 37.0 Å². The molecule has 1 aliphatic rings. The molecule has 1 unspecified atom stereocenters. The van der Waals surface area contributed by atoms with Crippen LogP contribution in [0.3, 0.4) is 0 Å². The Hall–Kier alpha value is -4.53. The quantitative estimate of drug-likeness (QED) is 0.509. The lowest BCUT2D eigenvalue weighted by atomic mass is 10.2. The fraction of sp³-hybridized carbons (Fsp3) is 0.192. The van der Waals surface area contributed by atoms with Crippen molar-refractivity contribution in [3.63, 3.8) is 0 Å². The second-order valence-corrected chi connectivity index (χ2v) is 7.78. The van der Waals surface area contributed by atoms with Gasteiger partial charge in [0.15, 0.2) is 12.7 Å². The van der Waals surface area contributed by atoms with E-state index in [4.69, 9.17) is 14.2 Å². The van der Waals surface area contributed by atoms with Crippen molar-refractivity contribution in [2.45, 2.75) is 19.6 Å². The number of carbonyl (C=O) groups excluding carboxylic acids is 3. The monoisotopic (exact) mass is 475 g/mol. The van der Waals surface area contributed by atoms with Gasteiger partial charge in [0.2, 0.25) is 5.91 Å². The minimum Gasteiger partial charge on any atom is -0.489 e. The van der Waals surface area contributed by atoms with E-state index in [0.29, 0.717) is 29.5 Å². The summed E-state index contributed by atoms with van der Waals surface area (Å²) in [7, 11) is 0. The van der Waals surface area contributed by atoms with Gasteiger partial charge < -0.3 is 19.1 Å². The number of amides is 3. The van der Waals surface area contributed by atoms with Crippen molar-refractivity contribution < 1.29 is 28.6 Å². The Balaban J connectivity index is 1.21. The first-order chi connectivity index (χ1) is 17.0. The molecule has 9 heteroatoms. The highest BCUT2D eigenvalue weighted by Crippen LogP contribution is 2.33. The SMILES string of the molecule is CC(=O)N1CC(C(=O)NNC(=O)COc2ccc(OCc3ccccc3)cc2)Oc2ccccc21. The molecule has 0 saturated heterocycles. The highest BCUT2D eigenvalue weighted by atomic mass is 16.5. The summed E-state index contributed by atoms with van der Waals surface area (Å²) in [6.45, 7) is 1.59. The number of fused-ring (bicyclic) bond motifs is 1. The molecular formula is C26H25N3O6. The molecular weight excluding hydrogens is 450 g/mol. The van der Waals surface area contributed by atoms with Gasteiger partial charge in [-0.25, -0.2) is 0 Å². The minimum atomic E-state index is -0.974. The summed E-state index contributed by atoms with van der Waals surface area (Å²) >= 11 is 0. The van der Waals surface area contributed by atoms with Crippen LogP contribution < -0.4 is 30.0 Å². The molecule has 9 nitrogen and oxygen atoms in total. The first kappa shape index (κ1) is 23.6. The fourth-order valence-electron chi connectivity index (χ4n) is 3.44. The number of carbonyl (C=O) groups is 3. The van der Waals surface area contributed by atoms with Crippen LogP contribution >= 0.6 is 0 Å². The van der Waals surface area contributed by atoms with Crippen LogP contribution in [0.25, 0.3) is 0 Å². The zero-order valence-electron chi connectivity index (χ0n) is 19.1. The van der Waals surface area contributed by atoms with Crippen LogP contribution in [0.5, 0.6) is 17.2 Å². The second-order valence-electron chi connectivity index (χ2n) is 7.78. The maximum absolute atomic E-state index is 12.5. The predicted octanol–water partition coefficient (Wildman–Crippen LogP) is 2.61. The third-order valence-corrected chi connectivity index (χ3v) is 5.21. The number of nitrogens with zero attached hydrogens (tertiary/aromatic N) is 1. The molecule has 3 amide bonds. The van der Waals surface area contributed by atoms with E-state index in [9.17, 15) is 14.4 Å². The van der Waals surface area contributed by atoms with Crippen LogP contribution in [0.2, 0.25) is 0 Å². The summed E-state index contributed by atoms with van der Waals surface area (Å²) in [6.07, 6.45) is -0.974. The van der Waals surface area contributed by atoms with Gasteiger partial charge in [-0.2, -0.15) is 0 Å². The maximum atomic E-state index is 12.5. The molecule has 4 rings (SSSR count). The Morgan fingerprint density at radius 3 is 2.26 bits per heavy atom. The Kier molecular flexibility index (Phi) is 7.47. The smallest absolute Gasteiger partial charge is 0.281 e. The first-order valence-corrected chi connectivity index (χ1v) is 11.0. The van der Waals surface area contributed by atoms with E-state index in [1.807, 2.05) is 30.3 Å². The van der Waals surface area contributed by atoms with Gasteiger partial charge in [-0.1, -0.05) is 42.5 Å². The van der Waals surface area contributed by atoms with E-state index in [0.717, 1.165) is 5.56 Å². The molecule has 180 valence electrons. The molecule has 0 spiro atoms. The fourth-order valence-corrected chi connectivity index (χ4v) is 3.44. The van der Waals surface area contributed by atoms with Crippen molar-refractivity contribution in [2.24, 2.45) is 0 Å². The van der Waals surface area contributed by atoms with Crippen molar-refractivity contribution >= 4 is 23.4 Å². The van der Waals surface area contributed by atoms with Crippen LogP contribution in [0.4, 0.5) is 5.69 Å². The van der Waals surface area contributed by atoms with Crippen LogP contribution in [0.15, 0.2) is 78.9 Å². The van der Waals surface area contributed by atoms with Gasteiger partial charge in [0.05, 0.1) is 12.2 Å². The van der Waals surface area contributed by atoms with Crippen molar-refractivity contribution in [1.29, 1.82) is 0 Å². The van der Waals surface area contributed by atoms with Gasteiger partial charge in [0, 0.05) is 6.92 Å². The number of ether oxygens (including phenoxy) is 3. The van der Waals surface area contributed by atoms with E-state index in [-0.39, 0.29) is 19.1 Å². The number of nitrogens with one attached hydrogen (secondary N) is 2. The molecule has 0 fully saturated rings. The summed E-state index contributed by atoms with van der Waals surface area (Å²) in [5.41, 5.74) is 6.27. The molecule has 0 aliphatic carbocycles. The molecule has 1 heterocycles. The average molecular weight is 476 g/mol. The van der Waals surface area contributed by atoms with Crippen molar-refractivity contribution in [2.75, 3.05) is 18.1 Å². The molecule has 35 heavy (non-hydrogen) atoms. The molecule has 3 aromatic carbocycles. The van der Waals surface area contributed by atoms with Crippen LogP contribution in [0.1, 0.15) is 12.5 Å². The number of rotatable bonds is 7. The first-order valence-electron chi connectivity index (χ1n) is 11.0. The largest absolute Gasteiger partial charge is 0.489 e. The number of hydrogen-bond donors (Lipinski definition) is 2. The third kappa shape index (κ3) is 6.29. The molecule has 2 N–H and O–H groups in total. The van der Waals surface area contributed by atoms with Gasteiger partial charge in [-0.3, -0.25) is 25.2 Å². The Labute approximate surface area is 202 Å². The van der Waals surface area contributed by atoms with Gasteiger partial charge in [-0.05, 0) is 42.0 Å². The lowest BCUT2D eigenvalue weighted by molar-refractivity contribution is -0.134. The molecule has 1 aliphatic heterocycles. The van der Waals surface area contributed by atoms with Crippen molar-refractivity contribution in [3.8, 4) is 17.2 Å². The Bertz CT molecular complexity index is 1180. The van der Waals surface area contributed by atoms with Crippen molar-refractivity contribution in [1.82, 2.24) is 10.9 Å². The number of hydrogen-bond acceptors (Lipinski definition) is 6. The van der Waals surface area contributed by atoms with Crippen LogP contribution in [0, 0.1) is 0 Å². The summed E-state index contributed by atoms with van der Waals surface area (Å²) in [6, 6.07) is 23.6. The molecule has 0 radical (unpaired) electrons. The standard InChI is InChI=1S/C26H25N3O6/c1-18(30)29-15-24(35-23-10-6-5-9-22(23)29)26(32)28-27-25(31)17-34-21-13-11-20(12-14-21)33-16-19-7-3-2-4-8-19/h2-14,24H,15-17H2,1H3,(H,27,31)(H,28,32). The van der Waals surface area contributed by atoms with Crippen LogP contribution in [-0.2, 0) is 21.0 Å². The van der Waals surface area contributed by atoms with Gasteiger partial charge in [0.25, 0.3) is 11.8 Å². The summed E-state index contributed by atoms with van der Waals surface area (Å²) in [5.74, 6) is 0.211. The highest BCUT2D eigenvalue weighted by molar-refractivity contribution is 5.96. The van der Waals surface area contributed by atoms with Gasteiger partial charge >= 0.3 is 0 Å². The Morgan fingerprint density at radius 1 is 0.886 bits per heavy atom. The molecule has 0 saturated carbocycles. The van der Waals surface area contributed by atoms with E-state index in [1.165, 1.54) is 11.8 Å². The zero-order chi connectivity index (χ0) is 24.6. The number of para-hydroxylation sites is 2. The van der Waals surface area contributed by atoms with Crippen molar-refractivity contribution in [3.05, 3.63) is 84.4 Å². The second kappa shape index (κ2) is 11.1. The third-order valence-electron chi connectivity index (χ3n) is 5.21. The highest BCUT2D eigenvalue weighted by Gasteiger charge is 2.32. The number of benzene rings is 3. The Morgan fingerprint density at radius 2 is 1.54 bits per heavy atom. The minimum absolute atomic E-state index is 0.0310. The zero-order valence-corrected chi connectivity index (χ0v) is 19.1. The number of hydrazine groups is 1. The molecule has 3 aromatic rings. The summed E-state index contributed by atoms with van der Waals surface area (Å²) < 4.78 is 16.9. The normalized spacial score (nSPS) is 14.2. The van der Waals surface area contributed by atoms with Gasteiger partial charge in [0.1, 0.15) is 23.9 Å².